The van der Waals surface area contributed by atoms with Crippen LogP contribution in [0.1, 0.15) is 25.7 Å². The van der Waals surface area contributed by atoms with Gasteiger partial charge in [0.05, 0.1) is 31.9 Å². The Balaban J connectivity index is 1.50. The first-order valence-electron chi connectivity index (χ1n) is 9.51. The van der Waals surface area contributed by atoms with E-state index >= 15 is 0 Å². The van der Waals surface area contributed by atoms with E-state index in [-0.39, 0.29) is 24.3 Å². The first-order valence-corrected chi connectivity index (χ1v) is 11.0. The molecular weight excluding hydrogens is 384 g/mol. The highest BCUT2D eigenvalue weighted by Crippen LogP contribution is 2.29. The van der Waals surface area contributed by atoms with Crippen molar-refractivity contribution in [2.45, 2.75) is 50.0 Å². The molecule has 1 aliphatic carbocycles. The van der Waals surface area contributed by atoms with Crippen LogP contribution in [0.2, 0.25) is 0 Å². The lowest BCUT2D eigenvalue weighted by Gasteiger charge is -2.42. The van der Waals surface area contributed by atoms with Crippen molar-refractivity contribution in [1.29, 1.82) is 0 Å². The van der Waals surface area contributed by atoms with E-state index in [9.17, 15) is 9.00 Å². The highest BCUT2D eigenvalue weighted by atomic mass is 32.2. The van der Waals surface area contributed by atoms with Gasteiger partial charge in [0.15, 0.2) is 11.1 Å². The van der Waals surface area contributed by atoms with E-state index in [4.69, 9.17) is 18.5 Å². The van der Waals surface area contributed by atoms with Crippen LogP contribution in [0.5, 0.6) is 5.75 Å². The van der Waals surface area contributed by atoms with E-state index in [0.717, 1.165) is 31.4 Å². The van der Waals surface area contributed by atoms with Gasteiger partial charge < -0.3 is 19.1 Å². The fraction of sp³-hybridized carbons (Fsp3) is 0.632. The lowest BCUT2D eigenvalue weighted by atomic mass is 9.91. The average molecular weight is 413 g/mol. The average Bonchev–Trinajstić information content (AvgIpc) is 2.68. The molecule has 1 unspecified atom stereocenters. The maximum atomic E-state index is 12.1. The second kappa shape index (κ2) is 10.2. The Kier molecular flexibility index (Phi) is 7.66. The van der Waals surface area contributed by atoms with E-state index in [0.29, 0.717) is 13.2 Å². The molecule has 0 spiro atoms. The molecule has 28 heavy (non-hydrogen) atoms. The van der Waals surface area contributed by atoms with Crippen LogP contribution in [0, 0.1) is 0 Å². The van der Waals surface area contributed by atoms with Crippen LogP contribution in [0.25, 0.3) is 0 Å². The highest BCUT2D eigenvalue weighted by Gasteiger charge is 2.38. The number of methoxy groups -OCH3 is 1. The topological polar surface area (TPSA) is 86.3 Å². The normalized spacial score (nSPS) is 28.3. The number of likely N-dealkylation sites (tertiary alicyclic amines) is 1. The number of piperidine rings is 1. The van der Waals surface area contributed by atoms with Gasteiger partial charge in [-0.2, -0.15) is 5.48 Å². The Hall–Kier alpha value is -1.68. The highest BCUT2D eigenvalue weighted by molar-refractivity contribution is 7.79. The molecule has 1 heterocycles. The molecular formula is C19H28N2O6S. The lowest BCUT2D eigenvalue weighted by molar-refractivity contribution is -0.0868. The number of carbonyl (C=O) groups is 1. The molecule has 1 aliphatic heterocycles. The number of hydrogen-bond acceptors (Lipinski definition) is 7. The maximum absolute atomic E-state index is 12.1. The number of ether oxygens (including phenoxy) is 3. The minimum absolute atomic E-state index is 0.0945. The molecule has 1 saturated carbocycles. The number of rotatable bonds is 8. The van der Waals surface area contributed by atoms with Crippen molar-refractivity contribution in [2.24, 2.45) is 0 Å². The molecule has 3 atom stereocenters. The summed E-state index contributed by atoms with van der Waals surface area (Å²) in [6, 6.07) is 9.32. The van der Waals surface area contributed by atoms with Gasteiger partial charge in [0.25, 0.3) is 0 Å². The van der Waals surface area contributed by atoms with Crippen LogP contribution in [0.4, 0.5) is 4.79 Å². The Labute approximate surface area is 168 Å². The van der Waals surface area contributed by atoms with Crippen molar-refractivity contribution in [2.75, 3.05) is 26.5 Å². The zero-order valence-electron chi connectivity index (χ0n) is 16.2. The Morgan fingerprint density at radius 2 is 2.00 bits per heavy atom. The lowest BCUT2D eigenvalue weighted by Crippen LogP contribution is -2.58. The van der Waals surface area contributed by atoms with Crippen molar-refractivity contribution in [3.05, 3.63) is 30.3 Å². The Morgan fingerprint density at radius 3 is 2.68 bits per heavy atom. The van der Waals surface area contributed by atoms with E-state index in [1.807, 2.05) is 30.3 Å². The van der Waals surface area contributed by atoms with Crippen molar-refractivity contribution < 1.29 is 27.5 Å². The number of nitrogens with zero attached hydrogens (tertiary/aromatic N) is 1. The molecule has 2 fully saturated rings. The van der Waals surface area contributed by atoms with Crippen LogP contribution in [0.15, 0.2) is 30.3 Å². The van der Waals surface area contributed by atoms with Gasteiger partial charge in [-0.25, -0.2) is 13.3 Å². The molecule has 3 rings (SSSR count). The van der Waals surface area contributed by atoms with Crippen molar-refractivity contribution >= 4 is 17.2 Å². The predicted octanol–water partition coefficient (Wildman–Crippen LogP) is 2.03. The summed E-state index contributed by atoms with van der Waals surface area (Å²) in [6.07, 6.45) is 4.52. The number of amides is 1. The summed E-state index contributed by atoms with van der Waals surface area (Å²) in [4.78, 5) is 13.8. The minimum atomic E-state index is -1.44. The molecule has 1 aromatic rings. The predicted molar refractivity (Wildman–Crippen MR) is 104 cm³/mol. The quantitative estimate of drug-likeness (QED) is 0.654. The van der Waals surface area contributed by atoms with Crippen molar-refractivity contribution in [3.63, 3.8) is 0 Å². The van der Waals surface area contributed by atoms with Gasteiger partial charge in [-0.15, -0.1) is 0 Å². The summed E-state index contributed by atoms with van der Waals surface area (Å²) in [5, 5.41) is 0. The number of carbonyl (C=O) groups excluding carboxylic acids is 1. The third-order valence-corrected chi connectivity index (χ3v) is 5.44. The SMILES string of the molecule is COC(=O)N1CCC[C@H](NOS(C)=O)[C@@H]1CO[C@H]1C[C@H](Oc2ccccc2)C1. The van der Waals surface area contributed by atoms with Gasteiger partial charge in [0, 0.05) is 25.6 Å². The third kappa shape index (κ3) is 5.66. The minimum Gasteiger partial charge on any atom is -0.490 e. The van der Waals surface area contributed by atoms with Crippen LogP contribution in [0.3, 0.4) is 0 Å². The van der Waals surface area contributed by atoms with Gasteiger partial charge in [0.2, 0.25) is 0 Å². The van der Waals surface area contributed by atoms with Gasteiger partial charge in [0.1, 0.15) is 11.9 Å². The van der Waals surface area contributed by atoms with Crippen molar-refractivity contribution in [1.82, 2.24) is 10.4 Å². The van der Waals surface area contributed by atoms with E-state index < -0.39 is 17.2 Å². The van der Waals surface area contributed by atoms with Crippen LogP contribution in [-0.4, -0.2) is 66.0 Å². The molecule has 1 aromatic carbocycles. The van der Waals surface area contributed by atoms with Gasteiger partial charge in [-0.1, -0.05) is 18.2 Å². The molecule has 1 amide bonds. The Bertz CT molecular complexity index is 655. The molecule has 156 valence electrons. The number of hydrogen-bond donors (Lipinski definition) is 1. The summed E-state index contributed by atoms with van der Waals surface area (Å²) >= 11 is -1.44. The zero-order chi connectivity index (χ0) is 19.9. The van der Waals surface area contributed by atoms with E-state index in [1.165, 1.54) is 13.4 Å². The fourth-order valence-electron chi connectivity index (χ4n) is 3.55. The number of hydroxylamine groups is 1. The molecule has 1 N–H and O–H groups in total. The third-order valence-electron chi connectivity index (χ3n) is 5.11. The molecule has 1 saturated heterocycles. The van der Waals surface area contributed by atoms with Crippen LogP contribution >= 0.6 is 0 Å². The van der Waals surface area contributed by atoms with Gasteiger partial charge in [-0.3, -0.25) is 0 Å². The number of benzene rings is 1. The summed E-state index contributed by atoms with van der Waals surface area (Å²) < 4.78 is 33.2. The molecule has 9 heteroatoms. The fourth-order valence-corrected chi connectivity index (χ4v) is 3.81. The number of para-hydroxylation sites is 1. The second-order valence-electron chi connectivity index (χ2n) is 7.06. The first kappa shape index (κ1) is 21.0. The first-order chi connectivity index (χ1) is 13.6. The van der Waals surface area contributed by atoms with Gasteiger partial charge in [-0.05, 0) is 25.0 Å². The summed E-state index contributed by atoms with van der Waals surface area (Å²) in [7, 11) is 1.37. The molecule has 2 aliphatic rings. The largest absolute Gasteiger partial charge is 0.490 e. The molecule has 0 bridgehead atoms. The monoisotopic (exact) mass is 412 g/mol. The zero-order valence-corrected chi connectivity index (χ0v) is 17.1. The maximum Gasteiger partial charge on any atom is 0.409 e. The molecule has 0 aromatic heterocycles. The summed E-state index contributed by atoms with van der Waals surface area (Å²) in [6.45, 7) is 0.952. The summed E-state index contributed by atoms with van der Waals surface area (Å²) in [5.74, 6) is 0.865. The van der Waals surface area contributed by atoms with E-state index in [2.05, 4.69) is 5.48 Å². The second-order valence-corrected chi connectivity index (χ2v) is 8.03. The van der Waals surface area contributed by atoms with E-state index in [1.54, 1.807) is 4.90 Å². The molecule has 8 nitrogen and oxygen atoms in total. The summed E-state index contributed by atoms with van der Waals surface area (Å²) in [5.41, 5.74) is 2.83. The van der Waals surface area contributed by atoms with Crippen LogP contribution in [-0.2, 0) is 24.8 Å². The molecule has 0 radical (unpaired) electrons. The van der Waals surface area contributed by atoms with Crippen LogP contribution < -0.4 is 10.2 Å². The smallest absolute Gasteiger partial charge is 0.409 e. The van der Waals surface area contributed by atoms with Crippen molar-refractivity contribution in [3.8, 4) is 5.75 Å². The number of nitrogens with one attached hydrogen (secondary N) is 1. The van der Waals surface area contributed by atoms with Gasteiger partial charge >= 0.3 is 6.09 Å². The standard InChI is InChI=1S/C19H28N2O6S/c1-24-19(22)21-10-6-9-17(20-27-28(2)23)18(21)13-25-15-11-16(12-15)26-14-7-4-3-5-8-14/h3-5,7-8,15-18,20H,6,9-13H2,1-2H3/t15-,16-,17-,18-,28?/m0/s1. The Morgan fingerprint density at radius 1 is 1.25 bits per heavy atom.